The normalized spacial score (nSPS) is 18.8. The summed E-state index contributed by atoms with van der Waals surface area (Å²) in [5.41, 5.74) is 1.63. The Labute approximate surface area is 127 Å². The summed E-state index contributed by atoms with van der Waals surface area (Å²) in [4.78, 5) is 4.67. The molecular formula is C18H25N3. The summed E-state index contributed by atoms with van der Waals surface area (Å²) in [5, 5.41) is 3.58. The highest BCUT2D eigenvalue weighted by molar-refractivity contribution is 5.31. The van der Waals surface area contributed by atoms with Crippen LogP contribution in [-0.2, 0) is 12.0 Å². The first kappa shape index (κ1) is 14.3. The Balaban J connectivity index is 2.07. The lowest BCUT2D eigenvalue weighted by molar-refractivity contribution is 0.297. The van der Waals surface area contributed by atoms with Gasteiger partial charge >= 0.3 is 0 Å². The maximum Gasteiger partial charge on any atom is 0.126 e. The molecule has 0 aliphatic heterocycles. The van der Waals surface area contributed by atoms with E-state index in [4.69, 9.17) is 0 Å². The van der Waals surface area contributed by atoms with Crippen LogP contribution in [0.3, 0.4) is 0 Å². The van der Waals surface area contributed by atoms with Gasteiger partial charge in [0.25, 0.3) is 0 Å². The Morgan fingerprint density at radius 3 is 2.57 bits per heavy atom. The average molecular weight is 283 g/mol. The zero-order valence-corrected chi connectivity index (χ0v) is 13.0. The second kappa shape index (κ2) is 6.02. The van der Waals surface area contributed by atoms with E-state index in [-0.39, 0.29) is 11.5 Å². The fraction of sp³-hybridized carbons (Fsp3) is 0.500. The summed E-state index contributed by atoms with van der Waals surface area (Å²) in [6, 6.07) is 11.3. The van der Waals surface area contributed by atoms with Crippen LogP contribution in [0.1, 0.15) is 50.0 Å². The molecule has 1 atom stereocenters. The molecule has 1 aliphatic rings. The van der Waals surface area contributed by atoms with Crippen molar-refractivity contribution >= 4 is 0 Å². The molecule has 1 unspecified atom stereocenters. The number of nitrogens with one attached hydrogen (secondary N) is 1. The molecule has 3 nitrogen and oxygen atoms in total. The summed E-state index contributed by atoms with van der Waals surface area (Å²) in [5.74, 6) is 1.17. The van der Waals surface area contributed by atoms with Gasteiger partial charge in [0.1, 0.15) is 5.82 Å². The van der Waals surface area contributed by atoms with E-state index in [2.05, 4.69) is 65.4 Å². The predicted molar refractivity (Wildman–Crippen MR) is 86.3 cm³/mol. The maximum atomic E-state index is 4.67. The SMILES string of the molecule is CCn1ccnc1C(NC)C1(c2ccccc2)CCCC1. The Hall–Kier alpha value is -1.61. The molecular weight excluding hydrogens is 258 g/mol. The minimum absolute atomic E-state index is 0.175. The fourth-order valence-electron chi connectivity index (χ4n) is 4.02. The first-order valence-electron chi connectivity index (χ1n) is 8.05. The molecule has 1 aliphatic carbocycles. The molecule has 112 valence electrons. The van der Waals surface area contributed by atoms with Gasteiger partial charge < -0.3 is 9.88 Å². The van der Waals surface area contributed by atoms with Crippen LogP contribution in [0.25, 0.3) is 0 Å². The van der Waals surface area contributed by atoms with Crippen molar-refractivity contribution in [1.82, 2.24) is 14.9 Å². The number of rotatable bonds is 5. The lowest BCUT2D eigenvalue weighted by Gasteiger charge is -2.38. The van der Waals surface area contributed by atoms with Crippen LogP contribution in [0.2, 0.25) is 0 Å². The second-order valence-corrected chi connectivity index (χ2v) is 6.02. The molecule has 1 saturated carbocycles. The molecule has 0 saturated heterocycles. The smallest absolute Gasteiger partial charge is 0.126 e. The van der Waals surface area contributed by atoms with Crippen LogP contribution in [0.4, 0.5) is 0 Å². The molecule has 0 radical (unpaired) electrons. The summed E-state index contributed by atoms with van der Waals surface area (Å²) in [6.45, 7) is 3.15. The van der Waals surface area contributed by atoms with Crippen LogP contribution in [0, 0.1) is 0 Å². The van der Waals surface area contributed by atoms with E-state index in [1.165, 1.54) is 37.1 Å². The second-order valence-electron chi connectivity index (χ2n) is 6.02. The first-order valence-corrected chi connectivity index (χ1v) is 8.05. The first-order chi connectivity index (χ1) is 10.3. The van der Waals surface area contributed by atoms with Gasteiger partial charge in [-0.1, -0.05) is 43.2 Å². The van der Waals surface area contributed by atoms with Gasteiger partial charge in [0, 0.05) is 24.4 Å². The van der Waals surface area contributed by atoms with Gasteiger partial charge in [-0.05, 0) is 32.4 Å². The van der Waals surface area contributed by atoms with Crippen LogP contribution < -0.4 is 5.32 Å². The summed E-state index contributed by atoms with van der Waals surface area (Å²) in [7, 11) is 2.07. The Bertz CT molecular complexity index is 567. The van der Waals surface area contributed by atoms with Crippen LogP contribution >= 0.6 is 0 Å². The third-order valence-corrected chi connectivity index (χ3v) is 5.03. The number of aryl methyl sites for hydroxylation is 1. The molecule has 0 amide bonds. The zero-order valence-electron chi connectivity index (χ0n) is 13.0. The van der Waals surface area contributed by atoms with E-state index < -0.39 is 0 Å². The third-order valence-electron chi connectivity index (χ3n) is 5.03. The standard InChI is InChI=1S/C18H25N3/c1-3-21-14-13-20-17(21)16(19-2)18(11-7-8-12-18)15-9-5-4-6-10-15/h4-6,9-10,13-14,16,19H,3,7-8,11-12H2,1-2H3. The Morgan fingerprint density at radius 1 is 1.24 bits per heavy atom. The lowest BCUT2D eigenvalue weighted by atomic mass is 9.72. The van der Waals surface area contributed by atoms with Crippen molar-refractivity contribution in [2.75, 3.05) is 7.05 Å². The van der Waals surface area contributed by atoms with E-state index in [1.807, 2.05) is 6.20 Å². The molecule has 1 aromatic heterocycles. The van der Waals surface area contributed by atoms with Crippen molar-refractivity contribution in [2.45, 2.75) is 50.6 Å². The highest BCUT2D eigenvalue weighted by atomic mass is 15.1. The molecule has 0 spiro atoms. The summed E-state index contributed by atoms with van der Waals surface area (Å²) < 4.78 is 2.27. The van der Waals surface area contributed by atoms with Gasteiger partial charge in [0.2, 0.25) is 0 Å². The van der Waals surface area contributed by atoms with Gasteiger partial charge in [-0.25, -0.2) is 4.98 Å². The third kappa shape index (κ3) is 2.40. The Kier molecular flexibility index (Phi) is 4.11. The molecule has 0 bridgehead atoms. The quantitative estimate of drug-likeness (QED) is 0.907. The maximum absolute atomic E-state index is 4.67. The van der Waals surface area contributed by atoms with Crippen LogP contribution in [0.5, 0.6) is 0 Å². The summed E-state index contributed by atoms with van der Waals surface area (Å²) in [6.07, 6.45) is 9.10. The topological polar surface area (TPSA) is 29.9 Å². The molecule has 1 aromatic carbocycles. The molecule has 3 heteroatoms. The van der Waals surface area contributed by atoms with Crippen molar-refractivity contribution in [1.29, 1.82) is 0 Å². The van der Waals surface area contributed by atoms with Crippen molar-refractivity contribution in [3.05, 3.63) is 54.1 Å². The van der Waals surface area contributed by atoms with Crippen molar-refractivity contribution in [2.24, 2.45) is 0 Å². The lowest BCUT2D eigenvalue weighted by Crippen LogP contribution is -2.40. The van der Waals surface area contributed by atoms with E-state index in [0.29, 0.717) is 0 Å². The van der Waals surface area contributed by atoms with E-state index >= 15 is 0 Å². The number of hydrogen-bond acceptors (Lipinski definition) is 2. The minimum atomic E-state index is 0.175. The van der Waals surface area contributed by atoms with Gasteiger partial charge in [0.15, 0.2) is 0 Å². The average Bonchev–Trinajstić information content (AvgIpc) is 3.19. The van der Waals surface area contributed by atoms with E-state index in [0.717, 1.165) is 6.54 Å². The summed E-state index contributed by atoms with van der Waals surface area (Å²) >= 11 is 0. The van der Waals surface area contributed by atoms with Crippen molar-refractivity contribution in [3.63, 3.8) is 0 Å². The number of likely N-dealkylation sites (N-methyl/N-ethyl adjacent to an activating group) is 1. The van der Waals surface area contributed by atoms with Crippen molar-refractivity contribution in [3.8, 4) is 0 Å². The number of hydrogen-bond donors (Lipinski definition) is 1. The number of aromatic nitrogens is 2. The Morgan fingerprint density at radius 2 is 1.95 bits per heavy atom. The van der Waals surface area contributed by atoms with Gasteiger partial charge in [-0.3, -0.25) is 0 Å². The molecule has 1 heterocycles. The zero-order chi connectivity index (χ0) is 14.7. The molecule has 1 fully saturated rings. The van der Waals surface area contributed by atoms with Gasteiger partial charge in [0.05, 0.1) is 6.04 Å². The number of nitrogens with zero attached hydrogens (tertiary/aromatic N) is 2. The molecule has 3 rings (SSSR count). The molecule has 2 aromatic rings. The molecule has 1 N–H and O–H groups in total. The van der Waals surface area contributed by atoms with Gasteiger partial charge in [-0.2, -0.15) is 0 Å². The van der Waals surface area contributed by atoms with E-state index in [9.17, 15) is 0 Å². The van der Waals surface area contributed by atoms with E-state index in [1.54, 1.807) is 0 Å². The highest BCUT2D eigenvalue weighted by Crippen LogP contribution is 2.49. The fourth-order valence-corrected chi connectivity index (χ4v) is 4.02. The number of benzene rings is 1. The predicted octanol–water partition coefficient (Wildman–Crippen LogP) is 3.68. The van der Waals surface area contributed by atoms with Crippen LogP contribution in [0.15, 0.2) is 42.7 Å². The molecule has 21 heavy (non-hydrogen) atoms. The monoisotopic (exact) mass is 283 g/mol. The van der Waals surface area contributed by atoms with Gasteiger partial charge in [-0.15, -0.1) is 0 Å². The minimum Gasteiger partial charge on any atom is -0.334 e. The highest BCUT2D eigenvalue weighted by Gasteiger charge is 2.44. The number of imidazole rings is 1. The van der Waals surface area contributed by atoms with Crippen LogP contribution in [-0.4, -0.2) is 16.6 Å². The van der Waals surface area contributed by atoms with Crippen molar-refractivity contribution < 1.29 is 0 Å². The largest absolute Gasteiger partial charge is 0.334 e.